The summed E-state index contributed by atoms with van der Waals surface area (Å²) >= 11 is -3.11. The van der Waals surface area contributed by atoms with Crippen molar-refractivity contribution in [2.45, 2.75) is 0 Å². The first-order valence-corrected chi connectivity index (χ1v) is 1.50. The van der Waals surface area contributed by atoms with Gasteiger partial charge in [0.05, 0.1) is 0 Å². The van der Waals surface area contributed by atoms with Gasteiger partial charge in [-0.2, -0.15) is 0 Å². The molecule has 0 aliphatic rings. The van der Waals surface area contributed by atoms with Crippen LogP contribution in [-0.4, -0.2) is 67.5 Å². The molecule has 0 heterocycles. The summed E-state index contributed by atoms with van der Waals surface area (Å²) in [7, 11) is 0. The smallest absolute Gasteiger partial charge is 0.784 e. The maximum absolute atomic E-state index is 8.44. The summed E-state index contributed by atoms with van der Waals surface area (Å²) in [5.74, 6) is 0. The van der Waals surface area contributed by atoms with E-state index in [9.17, 15) is 0 Å². The second kappa shape index (κ2) is 24.1. The van der Waals surface area contributed by atoms with Gasteiger partial charge in [0.25, 0.3) is 0 Å². The molecule has 6 nitrogen and oxygen atoms in total. The normalized spacial score (nSPS) is 4.38. The molecule has 0 radical (unpaired) electrons. The monoisotopic (exact) mass is 174 g/mol. The summed E-state index contributed by atoms with van der Waals surface area (Å²) in [4.78, 5) is 0. The van der Waals surface area contributed by atoms with Crippen molar-refractivity contribution in [2.75, 3.05) is 0 Å². The van der Waals surface area contributed by atoms with E-state index < -0.39 is 11.4 Å². The van der Waals surface area contributed by atoms with Crippen molar-refractivity contribution in [1.82, 2.24) is 0 Å². The fourth-order valence-electron chi connectivity index (χ4n) is 0. The molecule has 0 atom stereocenters. The zero-order valence-corrected chi connectivity index (χ0v) is 6.86. The van der Waals surface area contributed by atoms with Crippen molar-refractivity contribution < 1.29 is 29.7 Å². The van der Waals surface area contributed by atoms with Crippen LogP contribution in [0.2, 0.25) is 0 Å². The van der Waals surface area contributed by atoms with E-state index in [4.69, 9.17) is 13.3 Å². The van der Waals surface area contributed by atoms with E-state index in [1.807, 2.05) is 0 Å². The Kier molecular flexibility index (Phi) is 105. The van der Waals surface area contributed by atoms with Gasteiger partial charge in [0.1, 0.15) is 0 Å². The van der Waals surface area contributed by atoms with Crippen LogP contribution in [0, 0.1) is 0 Å². The van der Waals surface area contributed by atoms with Crippen molar-refractivity contribution in [3.63, 3.8) is 0 Å². The van der Waals surface area contributed by atoms with Crippen molar-refractivity contribution in [3.05, 3.63) is 0 Å². The Bertz CT molecular complexity index is 31.5. The van der Waals surface area contributed by atoms with Crippen molar-refractivity contribution in [3.8, 4) is 0 Å². The molecule has 0 saturated heterocycles. The summed E-state index contributed by atoms with van der Waals surface area (Å²) < 4.78 is 25.3. The van der Waals surface area contributed by atoms with E-state index in [0.717, 1.165) is 0 Å². The molecule has 0 aliphatic heterocycles. The quantitative estimate of drug-likeness (QED) is 0.272. The first-order chi connectivity index (χ1) is 1.73. The number of rotatable bonds is 0. The Hall–Kier alpha value is 1.21. The molecule has 6 N–H and O–H groups in total. The van der Waals surface area contributed by atoms with Crippen LogP contribution in [0.3, 0.4) is 0 Å². The van der Waals surface area contributed by atoms with Crippen molar-refractivity contribution in [1.29, 1.82) is 0 Å². The third kappa shape index (κ3) is 190. The topological polar surface area (TPSA) is 158 Å². The average molecular weight is 174 g/mol. The van der Waals surface area contributed by atoms with Crippen LogP contribution in [0.25, 0.3) is 0 Å². The first-order valence-electron chi connectivity index (χ1n) is 0.500. The van der Waals surface area contributed by atoms with Gasteiger partial charge < -0.3 is 25.5 Å². The molecule has 0 unspecified atom stereocenters. The minimum atomic E-state index is -3.11. The van der Waals surface area contributed by atoms with Gasteiger partial charge in [-0.15, -0.1) is 11.4 Å². The molecule has 0 amide bonds. The zero-order chi connectivity index (χ0) is 3.58. The van der Waals surface area contributed by atoms with Crippen molar-refractivity contribution >= 4 is 49.1 Å². The molecule has 0 saturated carbocycles. The molecular formula is H6CaO6S. The summed E-state index contributed by atoms with van der Waals surface area (Å²) in [6, 6.07) is 0. The van der Waals surface area contributed by atoms with Gasteiger partial charge in [0.2, 0.25) is 0 Å². The molecule has 0 aromatic carbocycles. The van der Waals surface area contributed by atoms with Crippen LogP contribution in [0.1, 0.15) is 0 Å². The minimum absolute atomic E-state index is 0. The molecular weight excluding hydrogens is 168 g/mol. The molecule has 8 heavy (non-hydrogen) atoms. The molecule has 0 aromatic heterocycles. The predicted molar refractivity (Wildman–Crippen MR) is 26.3 cm³/mol. The predicted octanol–water partition coefficient (Wildman–Crippen LogP) is -3.86. The minimum Gasteiger partial charge on any atom is -0.784 e. The number of hydrogen-bond donors (Lipinski definition) is 0. The molecule has 8 heteroatoms. The maximum Gasteiger partial charge on any atom is 2.00 e. The Morgan fingerprint density at radius 2 is 1.00 bits per heavy atom. The maximum atomic E-state index is 8.44. The summed E-state index contributed by atoms with van der Waals surface area (Å²) in [5.41, 5.74) is 0. The van der Waals surface area contributed by atoms with Gasteiger partial charge in [-0.25, -0.2) is 0 Å². The van der Waals surface area contributed by atoms with E-state index in [2.05, 4.69) is 0 Å². The Balaban J connectivity index is -0.00000000750. The first kappa shape index (κ1) is 35.0. The van der Waals surface area contributed by atoms with E-state index in [1.54, 1.807) is 0 Å². The van der Waals surface area contributed by atoms with Crippen LogP contribution in [-0.2, 0) is 11.4 Å². The molecule has 0 aliphatic carbocycles. The third-order valence-electron chi connectivity index (χ3n) is 0. The SMILES string of the molecule is O.O.O.O=S([O-])[O-].[Ca+2]. The zero-order valence-electron chi connectivity index (χ0n) is 3.84. The second-order valence-electron chi connectivity index (χ2n) is 0.204. The molecule has 50 valence electrons. The number of hydrogen-bond acceptors (Lipinski definition) is 3. The molecule has 0 spiro atoms. The van der Waals surface area contributed by atoms with E-state index in [0.29, 0.717) is 0 Å². The summed E-state index contributed by atoms with van der Waals surface area (Å²) in [6.45, 7) is 0. The standard InChI is InChI=1S/Ca.H2O3S.3H2O/c;1-4(2)3;;;/h;(H2,1,2,3);3*1H2/q+2;;;;/p-2. The van der Waals surface area contributed by atoms with Crippen LogP contribution >= 0.6 is 0 Å². The summed E-state index contributed by atoms with van der Waals surface area (Å²) in [6.07, 6.45) is 0. The Morgan fingerprint density at radius 1 is 1.00 bits per heavy atom. The molecule has 0 rings (SSSR count). The van der Waals surface area contributed by atoms with Crippen LogP contribution < -0.4 is 0 Å². The van der Waals surface area contributed by atoms with E-state index in [1.165, 1.54) is 0 Å². The van der Waals surface area contributed by atoms with Gasteiger partial charge in [-0.05, 0) is 0 Å². The molecule has 0 aromatic rings. The van der Waals surface area contributed by atoms with Crippen molar-refractivity contribution in [2.24, 2.45) is 0 Å². The van der Waals surface area contributed by atoms with E-state index in [-0.39, 0.29) is 54.2 Å². The fraction of sp³-hybridized carbons (Fsp3) is 0. The van der Waals surface area contributed by atoms with Crippen LogP contribution in [0.5, 0.6) is 0 Å². The van der Waals surface area contributed by atoms with Crippen LogP contribution in [0.15, 0.2) is 0 Å². The van der Waals surface area contributed by atoms with Gasteiger partial charge in [0, 0.05) is 0 Å². The van der Waals surface area contributed by atoms with Gasteiger partial charge in [0.15, 0.2) is 0 Å². The largest absolute Gasteiger partial charge is 2.00 e. The average Bonchev–Trinajstić information content (AvgIpc) is 0.811. The van der Waals surface area contributed by atoms with Gasteiger partial charge in [-0.3, -0.25) is 4.21 Å². The summed E-state index contributed by atoms with van der Waals surface area (Å²) in [5, 5.41) is 0. The molecule has 0 bridgehead atoms. The Morgan fingerprint density at radius 3 is 1.00 bits per heavy atom. The second-order valence-corrected chi connectivity index (χ2v) is 0.612. The van der Waals surface area contributed by atoms with Crippen LogP contribution in [0.4, 0.5) is 0 Å². The van der Waals surface area contributed by atoms with Gasteiger partial charge in [-0.1, -0.05) is 0 Å². The molecule has 0 fully saturated rings. The fourth-order valence-corrected chi connectivity index (χ4v) is 0. The van der Waals surface area contributed by atoms with E-state index >= 15 is 0 Å². The third-order valence-corrected chi connectivity index (χ3v) is 0. The van der Waals surface area contributed by atoms with Gasteiger partial charge >= 0.3 is 37.7 Å². The Labute approximate surface area is 78.3 Å².